The van der Waals surface area contributed by atoms with Gasteiger partial charge in [0.05, 0.1) is 25.3 Å². The van der Waals surface area contributed by atoms with E-state index in [0.717, 1.165) is 36.6 Å². The number of hydrogen-bond donors (Lipinski definition) is 2. The smallest absolute Gasteiger partial charge is 0.234 e. The zero-order valence-corrected chi connectivity index (χ0v) is 17.0. The summed E-state index contributed by atoms with van der Waals surface area (Å²) in [5.74, 6) is 1.01. The molecule has 1 saturated heterocycles. The number of nitrogens with zero attached hydrogens (tertiary/aromatic N) is 3. The second kappa shape index (κ2) is 9.82. The van der Waals surface area contributed by atoms with E-state index >= 15 is 0 Å². The van der Waals surface area contributed by atoms with Gasteiger partial charge in [-0.3, -0.25) is 9.69 Å². The maximum absolute atomic E-state index is 12.6. The van der Waals surface area contributed by atoms with Crippen LogP contribution >= 0.6 is 0 Å². The van der Waals surface area contributed by atoms with E-state index < -0.39 is 0 Å². The average molecular weight is 386 g/mol. The van der Waals surface area contributed by atoms with Crippen LogP contribution in [0, 0.1) is 0 Å². The van der Waals surface area contributed by atoms with Gasteiger partial charge in [-0.25, -0.2) is 4.98 Å². The van der Waals surface area contributed by atoms with Crippen molar-refractivity contribution in [2.24, 2.45) is 7.05 Å². The van der Waals surface area contributed by atoms with Crippen molar-refractivity contribution in [2.75, 3.05) is 26.2 Å². The average Bonchev–Trinajstić information content (AvgIpc) is 3.11. The van der Waals surface area contributed by atoms with Gasteiger partial charge in [-0.05, 0) is 25.0 Å². The number of imidazole rings is 1. The summed E-state index contributed by atoms with van der Waals surface area (Å²) in [7, 11) is 1.99. The highest BCUT2D eigenvalue weighted by atomic mass is 16.5. The van der Waals surface area contributed by atoms with E-state index in [1.165, 1.54) is 0 Å². The number of aryl methyl sites for hydroxylation is 1. The second-order valence-corrected chi connectivity index (χ2v) is 7.49. The maximum Gasteiger partial charge on any atom is 0.234 e. The van der Waals surface area contributed by atoms with Crippen LogP contribution < -0.4 is 10.6 Å². The maximum atomic E-state index is 12.6. The topological polar surface area (TPSA) is 71.4 Å². The van der Waals surface area contributed by atoms with Crippen molar-refractivity contribution in [3.05, 3.63) is 53.6 Å². The Morgan fingerprint density at radius 3 is 2.86 bits per heavy atom. The second-order valence-electron chi connectivity index (χ2n) is 7.49. The van der Waals surface area contributed by atoms with Crippen LogP contribution in [0.3, 0.4) is 0 Å². The molecule has 1 unspecified atom stereocenters. The van der Waals surface area contributed by atoms with Crippen molar-refractivity contribution in [2.45, 2.75) is 39.1 Å². The van der Waals surface area contributed by atoms with Crippen LogP contribution in [0.4, 0.5) is 0 Å². The lowest BCUT2D eigenvalue weighted by Crippen LogP contribution is -2.50. The Kier molecular flexibility index (Phi) is 7.19. The molecule has 1 atom stereocenters. The lowest BCUT2D eigenvalue weighted by atomic mass is 10.1. The van der Waals surface area contributed by atoms with Gasteiger partial charge in [-0.15, -0.1) is 0 Å². The molecule has 2 heterocycles. The molecule has 0 radical (unpaired) electrons. The molecule has 1 aromatic carbocycles. The summed E-state index contributed by atoms with van der Waals surface area (Å²) in [4.78, 5) is 19.3. The van der Waals surface area contributed by atoms with Crippen molar-refractivity contribution < 1.29 is 9.53 Å². The van der Waals surface area contributed by atoms with Crippen molar-refractivity contribution in [1.29, 1.82) is 0 Å². The highest BCUT2D eigenvalue weighted by Crippen LogP contribution is 2.20. The number of carbonyl (C=O) groups is 1. The Labute approximate surface area is 167 Å². The third-order valence-electron chi connectivity index (χ3n) is 5.02. The SMILES string of the molecule is CC(C)OCc1ccccc1CNC(=O)CN1CCNCC1c1nccn1C. The van der Waals surface area contributed by atoms with E-state index in [0.29, 0.717) is 19.7 Å². The molecule has 3 rings (SSSR count). The number of carbonyl (C=O) groups excluding carboxylic acids is 1. The zero-order chi connectivity index (χ0) is 19.9. The Bertz CT molecular complexity index is 774. The molecule has 7 heteroatoms. The molecule has 0 bridgehead atoms. The molecular formula is C21H31N5O2. The Morgan fingerprint density at radius 2 is 2.14 bits per heavy atom. The molecule has 0 aliphatic carbocycles. The highest BCUT2D eigenvalue weighted by Gasteiger charge is 2.28. The van der Waals surface area contributed by atoms with E-state index in [9.17, 15) is 4.79 Å². The number of hydrogen-bond acceptors (Lipinski definition) is 5. The van der Waals surface area contributed by atoms with Gasteiger partial charge >= 0.3 is 0 Å². The molecule has 1 fully saturated rings. The van der Waals surface area contributed by atoms with E-state index in [1.54, 1.807) is 6.20 Å². The minimum absolute atomic E-state index is 0.0284. The van der Waals surface area contributed by atoms with Crippen LogP contribution in [-0.4, -0.2) is 52.6 Å². The summed E-state index contributed by atoms with van der Waals surface area (Å²) >= 11 is 0. The first-order valence-electron chi connectivity index (χ1n) is 9.91. The third-order valence-corrected chi connectivity index (χ3v) is 5.02. The van der Waals surface area contributed by atoms with Gasteiger partial charge in [-0.2, -0.15) is 0 Å². The van der Waals surface area contributed by atoms with Gasteiger partial charge in [0.2, 0.25) is 5.91 Å². The number of nitrogens with one attached hydrogen (secondary N) is 2. The fraction of sp³-hybridized carbons (Fsp3) is 0.524. The van der Waals surface area contributed by atoms with E-state index in [-0.39, 0.29) is 18.1 Å². The Balaban J connectivity index is 1.57. The number of ether oxygens (including phenoxy) is 1. The van der Waals surface area contributed by atoms with Gasteiger partial charge < -0.3 is 19.9 Å². The van der Waals surface area contributed by atoms with E-state index in [1.807, 2.05) is 49.9 Å². The van der Waals surface area contributed by atoms with Crippen molar-refractivity contribution in [3.63, 3.8) is 0 Å². The minimum Gasteiger partial charge on any atom is -0.374 e. The molecule has 152 valence electrons. The predicted octanol–water partition coefficient (Wildman–Crippen LogP) is 1.61. The Hall–Kier alpha value is -2.22. The zero-order valence-electron chi connectivity index (χ0n) is 17.0. The van der Waals surface area contributed by atoms with Gasteiger partial charge in [0.15, 0.2) is 0 Å². The third kappa shape index (κ3) is 5.41. The molecule has 7 nitrogen and oxygen atoms in total. The molecule has 28 heavy (non-hydrogen) atoms. The fourth-order valence-corrected chi connectivity index (χ4v) is 3.45. The fourth-order valence-electron chi connectivity index (χ4n) is 3.45. The number of amides is 1. The summed E-state index contributed by atoms with van der Waals surface area (Å²) in [6, 6.07) is 8.19. The first kappa shape index (κ1) is 20.5. The van der Waals surface area contributed by atoms with Crippen molar-refractivity contribution in [3.8, 4) is 0 Å². The van der Waals surface area contributed by atoms with Crippen molar-refractivity contribution >= 4 is 5.91 Å². The highest BCUT2D eigenvalue weighted by molar-refractivity contribution is 5.78. The molecule has 1 aromatic heterocycles. The van der Waals surface area contributed by atoms with E-state index in [2.05, 4.69) is 26.6 Å². The van der Waals surface area contributed by atoms with E-state index in [4.69, 9.17) is 4.74 Å². The minimum atomic E-state index is 0.0284. The van der Waals surface area contributed by atoms with Crippen LogP contribution in [0.1, 0.15) is 36.8 Å². The standard InChI is InChI=1S/C21H31N5O2/c1-16(2)28-15-18-7-5-4-6-17(18)12-24-20(27)14-26-11-8-22-13-19(26)21-23-9-10-25(21)3/h4-7,9-10,16,19,22H,8,11-15H2,1-3H3,(H,24,27). The summed E-state index contributed by atoms with van der Waals surface area (Å²) in [6.07, 6.45) is 3.93. The summed E-state index contributed by atoms with van der Waals surface area (Å²) in [6.45, 7) is 7.98. The van der Waals surface area contributed by atoms with Crippen molar-refractivity contribution in [1.82, 2.24) is 25.1 Å². The predicted molar refractivity (Wildman–Crippen MR) is 109 cm³/mol. The molecule has 2 aromatic rings. The molecule has 0 saturated carbocycles. The number of piperazine rings is 1. The van der Waals surface area contributed by atoms with Gasteiger partial charge in [0.1, 0.15) is 5.82 Å². The molecule has 1 aliphatic heterocycles. The largest absolute Gasteiger partial charge is 0.374 e. The lowest BCUT2D eigenvalue weighted by molar-refractivity contribution is -0.123. The first-order valence-corrected chi connectivity index (χ1v) is 9.91. The van der Waals surface area contributed by atoms with Gasteiger partial charge in [0, 0.05) is 45.6 Å². The number of aromatic nitrogens is 2. The van der Waals surface area contributed by atoms with Crippen LogP contribution in [0.25, 0.3) is 0 Å². The van der Waals surface area contributed by atoms with Crippen LogP contribution in [0.5, 0.6) is 0 Å². The molecule has 0 spiro atoms. The number of rotatable bonds is 8. The normalized spacial score (nSPS) is 17.8. The monoisotopic (exact) mass is 385 g/mol. The molecule has 1 amide bonds. The summed E-state index contributed by atoms with van der Waals surface area (Å²) in [5.41, 5.74) is 2.21. The number of benzene rings is 1. The van der Waals surface area contributed by atoms with Crippen LogP contribution in [0.15, 0.2) is 36.7 Å². The summed E-state index contributed by atoms with van der Waals surface area (Å²) < 4.78 is 7.75. The molecular weight excluding hydrogens is 354 g/mol. The molecule has 2 N–H and O–H groups in total. The van der Waals surface area contributed by atoms with Gasteiger partial charge in [-0.1, -0.05) is 24.3 Å². The van der Waals surface area contributed by atoms with Gasteiger partial charge in [0.25, 0.3) is 0 Å². The first-order chi connectivity index (χ1) is 13.5. The summed E-state index contributed by atoms with van der Waals surface area (Å²) in [5, 5.41) is 6.47. The van der Waals surface area contributed by atoms with Crippen LogP contribution in [-0.2, 0) is 29.7 Å². The lowest BCUT2D eigenvalue weighted by Gasteiger charge is -2.35. The Morgan fingerprint density at radius 1 is 1.36 bits per heavy atom. The quantitative estimate of drug-likeness (QED) is 0.722. The van der Waals surface area contributed by atoms with Crippen LogP contribution in [0.2, 0.25) is 0 Å². The molecule has 1 aliphatic rings.